The van der Waals surface area contributed by atoms with Crippen LogP contribution in [0.15, 0.2) is 36.4 Å². The maximum atomic E-state index is 13.2. The summed E-state index contributed by atoms with van der Waals surface area (Å²) < 4.78 is 14.8. The van der Waals surface area contributed by atoms with E-state index in [0.717, 1.165) is 17.4 Å². The van der Waals surface area contributed by atoms with Gasteiger partial charge in [-0.3, -0.25) is 4.79 Å². The smallest absolute Gasteiger partial charge is 0.168 e. The highest BCUT2D eigenvalue weighted by Gasteiger charge is 2.20. The van der Waals surface area contributed by atoms with E-state index >= 15 is 0 Å². The van der Waals surface area contributed by atoms with Gasteiger partial charge in [-0.05, 0) is 47.9 Å². The van der Waals surface area contributed by atoms with Crippen molar-refractivity contribution in [3.63, 3.8) is 0 Å². The van der Waals surface area contributed by atoms with E-state index < -0.39 is 0 Å². The highest BCUT2D eigenvalue weighted by atomic mass is 19.1. The fourth-order valence-electron chi connectivity index (χ4n) is 2.94. The molecule has 0 saturated heterocycles. The van der Waals surface area contributed by atoms with Gasteiger partial charge in [0, 0.05) is 11.1 Å². The zero-order chi connectivity index (χ0) is 16.6. The minimum absolute atomic E-state index is 0.135. The summed E-state index contributed by atoms with van der Waals surface area (Å²) in [6, 6.07) is 9.49. The van der Waals surface area contributed by atoms with E-state index in [1.165, 1.54) is 12.1 Å². The Hall–Kier alpha value is -2.53. The molecule has 0 unspecified atom stereocenters. The fraction of sp³-hybridized carbons (Fsp3) is 0.222. The van der Waals surface area contributed by atoms with Crippen LogP contribution in [0.5, 0.6) is 0 Å². The van der Waals surface area contributed by atoms with Crippen molar-refractivity contribution in [3.05, 3.63) is 59.0 Å². The van der Waals surface area contributed by atoms with E-state index in [1.807, 2.05) is 19.9 Å². The van der Waals surface area contributed by atoms with E-state index in [1.54, 1.807) is 22.7 Å². The van der Waals surface area contributed by atoms with Gasteiger partial charge in [-0.2, -0.15) is 5.10 Å². The lowest BCUT2D eigenvalue weighted by Crippen LogP contribution is -2.09. The van der Waals surface area contributed by atoms with Gasteiger partial charge in [0.25, 0.3) is 0 Å². The Balaban J connectivity index is 2.40. The molecule has 0 atom stereocenters. The molecule has 0 saturated carbocycles. The first-order chi connectivity index (χ1) is 11.1. The molecular weight excluding hydrogens is 295 g/mol. The van der Waals surface area contributed by atoms with Crippen molar-refractivity contribution >= 4 is 11.8 Å². The summed E-state index contributed by atoms with van der Waals surface area (Å²) in [6.07, 6.45) is 0.747. The number of fused-ring (bicyclic) bond motifs is 1. The molecular formula is C18H17FN2O2. The Kier molecular flexibility index (Phi) is 3.96. The Bertz CT molecular complexity index is 867. The second-order valence-corrected chi connectivity index (χ2v) is 5.73. The number of nitrogens with zero attached hydrogens (tertiary/aromatic N) is 2. The van der Waals surface area contributed by atoms with Gasteiger partial charge in [-0.15, -0.1) is 0 Å². The summed E-state index contributed by atoms with van der Waals surface area (Å²) in [5, 5.41) is 14.4. The van der Waals surface area contributed by atoms with Crippen LogP contribution >= 0.6 is 0 Å². The molecule has 5 heteroatoms. The zero-order valence-corrected chi connectivity index (χ0v) is 13.0. The van der Waals surface area contributed by atoms with Crippen LogP contribution < -0.4 is 0 Å². The molecule has 0 bridgehead atoms. The molecule has 0 aliphatic carbocycles. The number of benzene rings is 1. The van der Waals surface area contributed by atoms with Crippen molar-refractivity contribution in [2.24, 2.45) is 0 Å². The van der Waals surface area contributed by atoms with Gasteiger partial charge in [0.15, 0.2) is 6.29 Å². The number of aliphatic hydroxyl groups excluding tert-OH is 1. The van der Waals surface area contributed by atoms with Crippen molar-refractivity contribution < 1.29 is 14.3 Å². The lowest BCUT2D eigenvalue weighted by molar-refractivity contribution is 0.111. The summed E-state index contributed by atoms with van der Waals surface area (Å²) in [4.78, 5) is 11.2. The predicted molar refractivity (Wildman–Crippen MR) is 86.0 cm³/mol. The number of aldehydes is 1. The molecule has 4 nitrogen and oxygen atoms in total. The number of rotatable bonds is 4. The van der Waals surface area contributed by atoms with Gasteiger partial charge in [0.1, 0.15) is 11.5 Å². The third-order valence-corrected chi connectivity index (χ3v) is 3.95. The van der Waals surface area contributed by atoms with Crippen LogP contribution in [0.25, 0.3) is 16.8 Å². The molecule has 0 aliphatic heterocycles. The number of aliphatic hydroxyl groups is 1. The highest BCUT2D eigenvalue weighted by molar-refractivity contribution is 5.79. The largest absolute Gasteiger partial charge is 0.392 e. The third-order valence-electron chi connectivity index (χ3n) is 3.95. The predicted octanol–water partition coefficient (Wildman–Crippen LogP) is 3.57. The van der Waals surface area contributed by atoms with Crippen molar-refractivity contribution in [2.75, 3.05) is 0 Å². The Morgan fingerprint density at radius 2 is 1.91 bits per heavy atom. The summed E-state index contributed by atoms with van der Waals surface area (Å²) >= 11 is 0. The molecule has 3 rings (SSSR count). The Morgan fingerprint density at radius 1 is 1.22 bits per heavy atom. The molecule has 23 heavy (non-hydrogen) atoms. The van der Waals surface area contributed by atoms with Gasteiger partial charge < -0.3 is 5.11 Å². The molecule has 3 aromatic rings. The normalized spacial score (nSPS) is 11.3. The number of hydrogen-bond donors (Lipinski definition) is 1. The Labute approximate surface area is 133 Å². The maximum absolute atomic E-state index is 13.2. The SMILES string of the molecule is CC(C)c1c(CO)c(-c2ccc(F)cc2)nn2c(C=O)ccc12. The van der Waals surface area contributed by atoms with Crippen molar-refractivity contribution in [2.45, 2.75) is 26.4 Å². The fourth-order valence-corrected chi connectivity index (χ4v) is 2.94. The summed E-state index contributed by atoms with van der Waals surface area (Å²) in [6.45, 7) is 3.87. The molecule has 118 valence electrons. The van der Waals surface area contributed by atoms with Crippen molar-refractivity contribution in [1.29, 1.82) is 0 Å². The van der Waals surface area contributed by atoms with Gasteiger partial charge >= 0.3 is 0 Å². The molecule has 2 heterocycles. The second-order valence-electron chi connectivity index (χ2n) is 5.73. The minimum atomic E-state index is -0.334. The van der Waals surface area contributed by atoms with Crippen LogP contribution in [0.3, 0.4) is 0 Å². The molecule has 0 amide bonds. The first-order valence-corrected chi connectivity index (χ1v) is 7.43. The van der Waals surface area contributed by atoms with E-state index in [2.05, 4.69) is 5.10 Å². The second kappa shape index (κ2) is 5.93. The van der Waals surface area contributed by atoms with Crippen LogP contribution in [0.2, 0.25) is 0 Å². The van der Waals surface area contributed by atoms with E-state index in [-0.39, 0.29) is 18.3 Å². The first-order valence-electron chi connectivity index (χ1n) is 7.43. The van der Waals surface area contributed by atoms with Crippen LogP contribution in [0.1, 0.15) is 41.4 Å². The topological polar surface area (TPSA) is 54.6 Å². The third kappa shape index (κ3) is 2.53. The monoisotopic (exact) mass is 312 g/mol. The molecule has 0 spiro atoms. The highest BCUT2D eigenvalue weighted by Crippen LogP contribution is 2.32. The van der Waals surface area contributed by atoms with E-state index in [4.69, 9.17) is 0 Å². The van der Waals surface area contributed by atoms with Crippen LogP contribution in [-0.4, -0.2) is 21.0 Å². The minimum Gasteiger partial charge on any atom is -0.392 e. The lowest BCUT2D eigenvalue weighted by atomic mass is 9.94. The standard InChI is InChI=1S/C18H17FN2O2/c1-11(2)17-15(10-23)18(12-3-5-13(19)6-4-12)20-21-14(9-22)7-8-16(17)21/h3-9,11,23H,10H2,1-2H3. The van der Waals surface area contributed by atoms with Crippen LogP contribution in [0, 0.1) is 5.82 Å². The van der Waals surface area contributed by atoms with Crippen molar-refractivity contribution in [1.82, 2.24) is 9.61 Å². The van der Waals surface area contributed by atoms with E-state index in [0.29, 0.717) is 22.5 Å². The van der Waals surface area contributed by atoms with E-state index in [9.17, 15) is 14.3 Å². The molecule has 1 N–H and O–H groups in total. The number of hydrogen-bond acceptors (Lipinski definition) is 3. The van der Waals surface area contributed by atoms with Gasteiger partial charge in [-0.25, -0.2) is 8.91 Å². The number of aromatic nitrogens is 2. The quantitative estimate of drug-likeness (QED) is 0.749. The number of carbonyl (C=O) groups excluding carboxylic acids is 1. The zero-order valence-electron chi connectivity index (χ0n) is 13.0. The molecule has 1 aromatic carbocycles. The Morgan fingerprint density at radius 3 is 2.48 bits per heavy atom. The van der Waals surface area contributed by atoms with Gasteiger partial charge in [0.2, 0.25) is 0 Å². The average molecular weight is 312 g/mol. The molecule has 2 aromatic heterocycles. The van der Waals surface area contributed by atoms with Gasteiger partial charge in [0.05, 0.1) is 17.8 Å². The van der Waals surface area contributed by atoms with Crippen LogP contribution in [-0.2, 0) is 6.61 Å². The van der Waals surface area contributed by atoms with Crippen LogP contribution in [0.4, 0.5) is 4.39 Å². The van der Waals surface area contributed by atoms with Crippen molar-refractivity contribution in [3.8, 4) is 11.3 Å². The molecule has 0 radical (unpaired) electrons. The molecule has 0 fully saturated rings. The number of halogens is 1. The molecule has 0 aliphatic rings. The lowest BCUT2D eigenvalue weighted by Gasteiger charge is -2.17. The first kappa shape index (κ1) is 15.4. The maximum Gasteiger partial charge on any atom is 0.168 e. The average Bonchev–Trinajstić information content (AvgIpc) is 2.96. The summed E-state index contributed by atoms with van der Waals surface area (Å²) in [5.74, 6) is -0.199. The van der Waals surface area contributed by atoms with Gasteiger partial charge in [-0.1, -0.05) is 13.8 Å². The summed E-state index contributed by atoms with van der Waals surface area (Å²) in [7, 11) is 0. The number of carbonyl (C=O) groups is 1. The summed E-state index contributed by atoms with van der Waals surface area (Å²) in [5.41, 5.74) is 4.14.